The van der Waals surface area contributed by atoms with E-state index < -0.39 is 0 Å². The van der Waals surface area contributed by atoms with Crippen molar-refractivity contribution in [2.24, 2.45) is 0 Å². The molecule has 1 fully saturated rings. The number of nitrogens with one attached hydrogen (secondary N) is 2. The molecule has 0 aromatic carbocycles. The highest BCUT2D eigenvalue weighted by molar-refractivity contribution is 5.20. The van der Waals surface area contributed by atoms with Crippen LogP contribution in [0.3, 0.4) is 0 Å². The lowest BCUT2D eigenvalue weighted by atomic mass is 10.1. The fourth-order valence-electron chi connectivity index (χ4n) is 2.31. The molecule has 5 nitrogen and oxygen atoms in total. The third-order valence-corrected chi connectivity index (χ3v) is 3.45. The van der Waals surface area contributed by atoms with Crippen molar-refractivity contribution in [3.05, 3.63) is 17.0 Å². The maximum absolute atomic E-state index is 5.46. The first-order chi connectivity index (χ1) is 8.66. The van der Waals surface area contributed by atoms with E-state index in [1.54, 1.807) is 0 Å². The summed E-state index contributed by atoms with van der Waals surface area (Å²) >= 11 is 0. The van der Waals surface area contributed by atoms with Gasteiger partial charge in [0.1, 0.15) is 5.76 Å². The lowest BCUT2D eigenvalue weighted by Gasteiger charge is -2.26. The van der Waals surface area contributed by atoms with Crippen LogP contribution in [0.2, 0.25) is 0 Å². The summed E-state index contributed by atoms with van der Waals surface area (Å²) in [5, 5.41) is 11.0. The monoisotopic (exact) mass is 253 g/mol. The van der Waals surface area contributed by atoms with Gasteiger partial charge < -0.3 is 19.9 Å². The third kappa shape index (κ3) is 3.54. The van der Waals surface area contributed by atoms with Gasteiger partial charge in [0.2, 0.25) is 0 Å². The van der Waals surface area contributed by atoms with Crippen molar-refractivity contribution in [1.82, 2.24) is 15.8 Å². The predicted molar refractivity (Wildman–Crippen MR) is 69.5 cm³/mol. The van der Waals surface area contributed by atoms with Gasteiger partial charge in [0.15, 0.2) is 0 Å². The Bertz CT molecular complexity index is 353. The molecule has 2 atom stereocenters. The third-order valence-electron chi connectivity index (χ3n) is 3.45. The first-order valence-electron chi connectivity index (χ1n) is 6.63. The van der Waals surface area contributed by atoms with Gasteiger partial charge in [-0.15, -0.1) is 0 Å². The Balaban J connectivity index is 1.75. The molecule has 0 saturated carbocycles. The standard InChI is InChI=1S/C13H23N3O2/c1-9(6-12-8-17-5-4-14-12)15-7-13-10(2)16-18-11(13)3/h9,12,14-15H,4-8H2,1-3H3. The van der Waals surface area contributed by atoms with Crippen LogP contribution in [-0.2, 0) is 11.3 Å². The summed E-state index contributed by atoms with van der Waals surface area (Å²) in [6, 6.07) is 0.906. The van der Waals surface area contributed by atoms with Crippen molar-refractivity contribution in [1.29, 1.82) is 0 Å². The van der Waals surface area contributed by atoms with Crippen molar-refractivity contribution in [3.63, 3.8) is 0 Å². The topological polar surface area (TPSA) is 59.3 Å². The minimum Gasteiger partial charge on any atom is -0.379 e. The van der Waals surface area contributed by atoms with E-state index in [2.05, 4.69) is 22.7 Å². The normalized spacial score (nSPS) is 22.1. The summed E-state index contributed by atoms with van der Waals surface area (Å²) in [7, 11) is 0. The number of nitrogens with zero attached hydrogens (tertiary/aromatic N) is 1. The molecular formula is C13H23N3O2. The van der Waals surface area contributed by atoms with Gasteiger partial charge in [-0.1, -0.05) is 5.16 Å². The van der Waals surface area contributed by atoms with Crippen molar-refractivity contribution in [2.45, 2.75) is 45.8 Å². The maximum Gasteiger partial charge on any atom is 0.138 e. The van der Waals surface area contributed by atoms with Crippen LogP contribution in [0, 0.1) is 13.8 Å². The average Bonchev–Trinajstić information content (AvgIpc) is 2.68. The molecular weight excluding hydrogens is 230 g/mol. The van der Waals surface area contributed by atoms with Gasteiger partial charge in [0, 0.05) is 30.7 Å². The second-order valence-corrected chi connectivity index (χ2v) is 5.05. The Morgan fingerprint density at radius 1 is 1.50 bits per heavy atom. The Morgan fingerprint density at radius 3 is 2.94 bits per heavy atom. The van der Waals surface area contributed by atoms with Crippen LogP contribution >= 0.6 is 0 Å². The molecule has 1 aromatic rings. The highest BCUT2D eigenvalue weighted by Crippen LogP contribution is 2.12. The molecule has 5 heteroatoms. The summed E-state index contributed by atoms with van der Waals surface area (Å²) < 4.78 is 10.6. The average molecular weight is 253 g/mol. The molecule has 1 saturated heterocycles. The summed E-state index contributed by atoms with van der Waals surface area (Å²) in [4.78, 5) is 0. The number of aryl methyl sites for hydroxylation is 2. The van der Waals surface area contributed by atoms with Crippen LogP contribution in [0.4, 0.5) is 0 Å². The summed E-state index contributed by atoms with van der Waals surface area (Å²) in [5.41, 5.74) is 2.15. The second kappa shape index (κ2) is 6.31. The van der Waals surface area contributed by atoms with Gasteiger partial charge in [0.25, 0.3) is 0 Å². The van der Waals surface area contributed by atoms with E-state index in [0.717, 1.165) is 44.2 Å². The summed E-state index contributed by atoms with van der Waals surface area (Å²) in [5.74, 6) is 0.909. The molecule has 102 valence electrons. The molecule has 0 spiro atoms. The largest absolute Gasteiger partial charge is 0.379 e. The molecule has 2 N–H and O–H groups in total. The fourth-order valence-corrected chi connectivity index (χ4v) is 2.31. The molecule has 1 aliphatic heterocycles. The van der Waals surface area contributed by atoms with Gasteiger partial charge in [-0.05, 0) is 27.2 Å². The zero-order chi connectivity index (χ0) is 13.0. The van der Waals surface area contributed by atoms with Crippen molar-refractivity contribution >= 4 is 0 Å². The van der Waals surface area contributed by atoms with Crippen molar-refractivity contribution in [2.75, 3.05) is 19.8 Å². The van der Waals surface area contributed by atoms with Crippen molar-refractivity contribution in [3.8, 4) is 0 Å². The van der Waals surface area contributed by atoms with Gasteiger partial charge in [-0.25, -0.2) is 0 Å². The Kier molecular flexibility index (Phi) is 4.74. The zero-order valence-electron chi connectivity index (χ0n) is 11.5. The van der Waals surface area contributed by atoms with E-state index >= 15 is 0 Å². The van der Waals surface area contributed by atoms with Crippen LogP contribution in [0.1, 0.15) is 30.4 Å². The van der Waals surface area contributed by atoms with E-state index in [9.17, 15) is 0 Å². The highest BCUT2D eigenvalue weighted by atomic mass is 16.5. The molecule has 0 radical (unpaired) electrons. The van der Waals surface area contributed by atoms with E-state index in [-0.39, 0.29) is 0 Å². The number of hydrogen-bond donors (Lipinski definition) is 2. The number of rotatable bonds is 5. The molecule has 1 aromatic heterocycles. The molecule has 0 amide bonds. The molecule has 2 unspecified atom stereocenters. The molecule has 0 bridgehead atoms. The quantitative estimate of drug-likeness (QED) is 0.824. The Morgan fingerprint density at radius 2 is 2.33 bits per heavy atom. The van der Waals surface area contributed by atoms with Gasteiger partial charge in [-0.3, -0.25) is 0 Å². The first kappa shape index (κ1) is 13.5. The number of ether oxygens (including phenoxy) is 1. The number of hydrogen-bond acceptors (Lipinski definition) is 5. The lowest BCUT2D eigenvalue weighted by molar-refractivity contribution is 0.0712. The summed E-state index contributed by atoms with van der Waals surface area (Å²) in [6.45, 7) is 9.56. The van der Waals surface area contributed by atoms with Crippen LogP contribution in [0.25, 0.3) is 0 Å². The van der Waals surface area contributed by atoms with Crippen LogP contribution < -0.4 is 10.6 Å². The Labute approximate surface area is 108 Å². The van der Waals surface area contributed by atoms with Crippen LogP contribution in [0.15, 0.2) is 4.52 Å². The zero-order valence-corrected chi connectivity index (χ0v) is 11.5. The highest BCUT2D eigenvalue weighted by Gasteiger charge is 2.17. The van der Waals surface area contributed by atoms with E-state index in [1.165, 1.54) is 5.56 Å². The SMILES string of the molecule is Cc1noc(C)c1CNC(C)CC1COCCN1. The molecule has 2 heterocycles. The van der Waals surface area contributed by atoms with E-state index in [1.807, 2.05) is 13.8 Å². The predicted octanol–water partition coefficient (Wildman–Crippen LogP) is 1.15. The smallest absolute Gasteiger partial charge is 0.138 e. The van der Waals surface area contributed by atoms with Crippen LogP contribution in [0.5, 0.6) is 0 Å². The molecule has 1 aliphatic rings. The molecule has 0 aliphatic carbocycles. The first-order valence-corrected chi connectivity index (χ1v) is 6.63. The van der Waals surface area contributed by atoms with E-state index in [0.29, 0.717) is 12.1 Å². The lowest BCUT2D eigenvalue weighted by Crippen LogP contribution is -2.44. The minimum atomic E-state index is 0.442. The fraction of sp³-hybridized carbons (Fsp3) is 0.769. The van der Waals surface area contributed by atoms with Gasteiger partial charge in [0.05, 0.1) is 18.9 Å². The van der Waals surface area contributed by atoms with Crippen LogP contribution in [-0.4, -0.2) is 37.0 Å². The van der Waals surface area contributed by atoms with Crippen molar-refractivity contribution < 1.29 is 9.26 Å². The number of morpholine rings is 1. The summed E-state index contributed by atoms with van der Waals surface area (Å²) in [6.07, 6.45) is 1.07. The van der Waals surface area contributed by atoms with E-state index in [4.69, 9.17) is 9.26 Å². The Hall–Kier alpha value is -0.910. The maximum atomic E-state index is 5.46. The number of aromatic nitrogens is 1. The van der Waals surface area contributed by atoms with Gasteiger partial charge >= 0.3 is 0 Å². The molecule has 2 rings (SSSR count). The van der Waals surface area contributed by atoms with Gasteiger partial charge in [-0.2, -0.15) is 0 Å². The second-order valence-electron chi connectivity index (χ2n) is 5.05. The molecule has 18 heavy (non-hydrogen) atoms. The minimum absolute atomic E-state index is 0.442.